The van der Waals surface area contributed by atoms with Gasteiger partial charge in [-0.05, 0) is 70.4 Å². The molecule has 2 rings (SSSR count). The van der Waals surface area contributed by atoms with E-state index >= 15 is 0 Å². The highest BCUT2D eigenvalue weighted by Gasteiger charge is 2.34. The third kappa shape index (κ3) is 7.50. The Bertz CT molecular complexity index is 1020. The summed E-state index contributed by atoms with van der Waals surface area (Å²) in [5, 5.41) is 15.5. The lowest BCUT2D eigenvalue weighted by atomic mass is 10.0. The highest BCUT2D eigenvalue weighted by atomic mass is 16.6. The molecule has 0 aliphatic heterocycles. The number of nitrogens with one attached hydrogen (secondary N) is 2. The number of anilines is 1. The van der Waals surface area contributed by atoms with E-state index in [1.807, 2.05) is 32.0 Å². The Morgan fingerprint density at radius 1 is 1.09 bits per heavy atom. The topological polar surface area (TPSA) is 108 Å². The van der Waals surface area contributed by atoms with E-state index in [9.17, 15) is 19.5 Å². The van der Waals surface area contributed by atoms with Crippen molar-refractivity contribution < 1.29 is 24.2 Å². The molecule has 184 valence electrons. The predicted octanol–water partition coefficient (Wildman–Crippen LogP) is 4.53. The fourth-order valence-electron chi connectivity index (χ4n) is 3.48. The van der Waals surface area contributed by atoms with Crippen LogP contribution < -0.4 is 10.6 Å². The van der Waals surface area contributed by atoms with Gasteiger partial charge in [-0.15, -0.1) is 0 Å². The number of rotatable bonds is 8. The van der Waals surface area contributed by atoms with Gasteiger partial charge in [0.25, 0.3) is 5.91 Å². The van der Waals surface area contributed by atoms with Gasteiger partial charge >= 0.3 is 6.09 Å². The van der Waals surface area contributed by atoms with Crippen molar-refractivity contribution in [3.8, 4) is 5.75 Å². The van der Waals surface area contributed by atoms with E-state index in [0.717, 1.165) is 5.56 Å². The van der Waals surface area contributed by atoms with Gasteiger partial charge in [0.2, 0.25) is 5.91 Å². The van der Waals surface area contributed by atoms with Gasteiger partial charge in [-0.1, -0.05) is 37.3 Å². The number of phenols is 1. The number of alkyl carbamates (subject to hydrolysis) is 1. The van der Waals surface area contributed by atoms with E-state index in [1.165, 1.54) is 17.0 Å². The lowest BCUT2D eigenvalue weighted by Crippen LogP contribution is -2.51. The van der Waals surface area contributed by atoms with E-state index in [-0.39, 0.29) is 12.3 Å². The average molecular weight is 470 g/mol. The number of hydrogen-bond acceptors (Lipinski definition) is 5. The first kappa shape index (κ1) is 26.7. The Hall–Kier alpha value is -3.55. The molecule has 0 saturated heterocycles. The summed E-state index contributed by atoms with van der Waals surface area (Å²) >= 11 is 0. The molecule has 3 N–H and O–H groups in total. The molecule has 0 bridgehead atoms. The largest absolute Gasteiger partial charge is 0.508 e. The standard InChI is InChI=1S/C26H35N3O5/c1-7-15-29(24(32)18(3)27-25(33)34-26(4,5)6)22(19-12-10-13-20(30)16-19)23(31)28-21-14-9-8-11-17(21)2/h8-14,16,18,22,30H,7,15H2,1-6H3,(H,27,33)(H,28,31). The van der Waals surface area contributed by atoms with Crippen LogP contribution in [0.1, 0.15) is 58.2 Å². The molecule has 3 amide bonds. The normalized spacial score (nSPS) is 12.9. The summed E-state index contributed by atoms with van der Waals surface area (Å²) in [4.78, 5) is 40.7. The van der Waals surface area contributed by atoms with Crippen molar-refractivity contribution in [2.45, 2.75) is 65.6 Å². The summed E-state index contributed by atoms with van der Waals surface area (Å²) in [6.45, 7) is 10.8. The number of nitrogens with zero attached hydrogens (tertiary/aromatic N) is 1. The number of carbonyl (C=O) groups excluding carboxylic acids is 3. The van der Waals surface area contributed by atoms with Gasteiger partial charge in [0.05, 0.1) is 0 Å². The number of hydrogen-bond donors (Lipinski definition) is 3. The summed E-state index contributed by atoms with van der Waals surface area (Å²) < 4.78 is 5.27. The zero-order valence-corrected chi connectivity index (χ0v) is 20.7. The number of carbonyl (C=O) groups is 3. The zero-order valence-electron chi connectivity index (χ0n) is 20.7. The van der Waals surface area contributed by atoms with Crippen LogP contribution in [0.4, 0.5) is 10.5 Å². The second kappa shape index (κ2) is 11.5. The molecular weight excluding hydrogens is 434 g/mol. The number of para-hydroxylation sites is 1. The highest BCUT2D eigenvalue weighted by molar-refractivity contribution is 5.99. The predicted molar refractivity (Wildman–Crippen MR) is 131 cm³/mol. The lowest BCUT2D eigenvalue weighted by Gasteiger charge is -2.33. The maximum Gasteiger partial charge on any atom is 0.408 e. The van der Waals surface area contributed by atoms with Gasteiger partial charge in [-0.25, -0.2) is 4.79 Å². The minimum Gasteiger partial charge on any atom is -0.508 e. The second-order valence-corrected chi connectivity index (χ2v) is 9.20. The van der Waals surface area contributed by atoms with Gasteiger partial charge in [-0.3, -0.25) is 9.59 Å². The van der Waals surface area contributed by atoms with Crippen LogP contribution >= 0.6 is 0 Å². The van der Waals surface area contributed by atoms with Crippen LogP contribution in [-0.4, -0.2) is 46.1 Å². The van der Waals surface area contributed by atoms with Crippen molar-refractivity contribution in [3.05, 3.63) is 59.7 Å². The summed E-state index contributed by atoms with van der Waals surface area (Å²) in [5.74, 6) is -0.887. The third-order valence-corrected chi connectivity index (χ3v) is 5.00. The van der Waals surface area contributed by atoms with Gasteiger partial charge in [0.1, 0.15) is 23.4 Å². The monoisotopic (exact) mass is 469 g/mol. The molecule has 2 aromatic carbocycles. The average Bonchev–Trinajstić information content (AvgIpc) is 2.73. The molecule has 0 aliphatic rings. The number of phenolic OH excluding ortho intramolecular Hbond substituents is 1. The Morgan fingerprint density at radius 3 is 2.35 bits per heavy atom. The van der Waals surface area contributed by atoms with Crippen LogP contribution in [0.2, 0.25) is 0 Å². The summed E-state index contributed by atoms with van der Waals surface area (Å²) in [7, 11) is 0. The van der Waals surface area contributed by atoms with Crippen LogP contribution in [0.25, 0.3) is 0 Å². The van der Waals surface area contributed by atoms with Crippen molar-refractivity contribution in [1.82, 2.24) is 10.2 Å². The fourth-order valence-corrected chi connectivity index (χ4v) is 3.48. The quantitative estimate of drug-likeness (QED) is 0.526. The molecule has 34 heavy (non-hydrogen) atoms. The Balaban J connectivity index is 2.39. The molecular formula is C26H35N3O5. The van der Waals surface area contributed by atoms with E-state index in [2.05, 4.69) is 10.6 Å². The van der Waals surface area contributed by atoms with Crippen molar-refractivity contribution in [3.63, 3.8) is 0 Å². The van der Waals surface area contributed by atoms with Crippen molar-refractivity contribution in [2.24, 2.45) is 0 Å². The Labute approximate surface area is 201 Å². The number of aromatic hydroxyl groups is 1. The van der Waals surface area contributed by atoms with Crippen molar-refractivity contribution in [2.75, 3.05) is 11.9 Å². The molecule has 2 unspecified atom stereocenters. The molecule has 0 heterocycles. The first-order valence-corrected chi connectivity index (χ1v) is 11.4. The van der Waals surface area contributed by atoms with Crippen LogP contribution in [0, 0.1) is 6.92 Å². The van der Waals surface area contributed by atoms with Gasteiger partial charge in [-0.2, -0.15) is 0 Å². The van der Waals surface area contributed by atoms with Crippen LogP contribution in [-0.2, 0) is 14.3 Å². The number of ether oxygens (including phenoxy) is 1. The molecule has 0 saturated carbocycles. The van der Waals surface area contributed by atoms with Crippen molar-refractivity contribution >= 4 is 23.6 Å². The molecule has 0 fully saturated rings. The second-order valence-electron chi connectivity index (χ2n) is 9.20. The maximum absolute atomic E-state index is 13.5. The molecule has 2 aromatic rings. The molecule has 0 aromatic heterocycles. The molecule has 0 radical (unpaired) electrons. The molecule has 8 heteroatoms. The SMILES string of the molecule is CCCN(C(=O)C(C)NC(=O)OC(C)(C)C)C(C(=O)Nc1ccccc1C)c1cccc(O)c1. The Morgan fingerprint density at radius 2 is 1.76 bits per heavy atom. The van der Waals surface area contributed by atoms with E-state index in [1.54, 1.807) is 45.9 Å². The van der Waals surface area contributed by atoms with Gasteiger partial charge in [0.15, 0.2) is 0 Å². The number of amides is 3. The first-order valence-electron chi connectivity index (χ1n) is 11.4. The van der Waals surface area contributed by atoms with Gasteiger partial charge in [0, 0.05) is 12.2 Å². The van der Waals surface area contributed by atoms with E-state index in [4.69, 9.17) is 4.74 Å². The summed E-state index contributed by atoms with van der Waals surface area (Å²) in [5.41, 5.74) is 1.24. The van der Waals surface area contributed by atoms with Gasteiger partial charge < -0.3 is 25.4 Å². The summed E-state index contributed by atoms with van der Waals surface area (Å²) in [6.07, 6.45) is -0.138. The van der Waals surface area contributed by atoms with Crippen LogP contribution in [0.5, 0.6) is 5.75 Å². The minimum absolute atomic E-state index is 0.0185. The minimum atomic E-state index is -1.03. The maximum atomic E-state index is 13.5. The van der Waals surface area contributed by atoms with E-state index in [0.29, 0.717) is 17.7 Å². The van der Waals surface area contributed by atoms with E-state index < -0.39 is 35.6 Å². The molecule has 2 atom stereocenters. The number of aryl methyl sites for hydroxylation is 1. The smallest absolute Gasteiger partial charge is 0.408 e. The molecule has 0 spiro atoms. The van der Waals surface area contributed by atoms with Crippen molar-refractivity contribution in [1.29, 1.82) is 0 Å². The molecule has 8 nitrogen and oxygen atoms in total. The lowest BCUT2D eigenvalue weighted by molar-refractivity contribution is -0.140. The number of benzene rings is 2. The fraction of sp³-hybridized carbons (Fsp3) is 0.423. The summed E-state index contributed by atoms with van der Waals surface area (Å²) in [6, 6.07) is 11.6. The molecule has 0 aliphatic carbocycles. The zero-order chi connectivity index (χ0) is 25.5. The van der Waals surface area contributed by atoms with Crippen LogP contribution in [0.3, 0.4) is 0 Å². The first-order chi connectivity index (χ1) is 15.9. The van der Waals surface area contributed by atoms with Crippen LogP contribution in [0.15, 0.2) is 48.5 Å². The highest BCUT2D eigenvalue weighted by Crippen LogP contribution is 2.27. The Kier molecular flexibility index (Phi) is 9.06. The third-order valence-electron chi connectivity index (χ3n) is 5.00.